The van der Waals surface area contributed by atoms with Crippen molar-refractivity contribution >= 4 is 23.6 Å². The summed E-state index contributed by atoms with van der Waals surface area (Å²) in [4.78, 5) is 26.9. The Morgan fingerprint density at radius 2 is 2.15 bits per heavy atom. The van der Waals surface area contributed by atoms with Gasteiger partial charge < -0.3 is 14.2 Å². The van der Waals surface area contributed by atoms with Crippen molar-refractivity contribution in [3.63, 3.8) is 0 Å². The van der Waals surface area contributed by atoms with E-state index in [0.29, 0.717) is 17.9 Å². The Hall–Kier alpha value is -2.79. The summed E-state index contributed by atoms with van der Waals surface area (Å²) >= 11 is 1.44. The number of ether oxygens (including phenoxy) is 1. The molecule has 0 spiro atoms. The van der Waals surface area contributed by atoms with Crippen LogP contribution in [-0.2, 0) is 15.3 Å². The SMILES string of the molecule is Cc1cc(CSc2ccccc2C(=O)O[C@@H](C)C(=O)N(C)CCC#N)no1. The summed E-state index contributed by atoms with van der Waals surface area (Å²) in [5.41, 5.74) is 1.17. The number of esters is 1. The quantitative estimate of drug-likeness (QED) is 0.507. The lowest BCUT2D eigenvalue weighted by Crippen LogP contribution is -2.38. The number of aromatic nitrogens is 1. The lowest BCUT2D eigenvalue weighted by atomic mass is 10.2. The van der Waals surface area contributed by atoms with Crippen LogP contribution < -0.4 is 0 Å². The van der Waals surface area contributed by atoms with Crippen molar-refractivity contribution < 1.29 is 18.8 Å². The standard InChI is InChI=1S/C19H21N3O4S/c1-13-11-15(21-26-13)12-27-17-8-5-4-7-16(17)19(24)25-14(2)18(23)22(3)10-6-9-20/h4-5,7-8,11,14H,6,10,12H2,1-3H3/t14-/m0/s1. The van der Waals surface area contributed by atoms with E-state index in [1.54, 1.807) is 19.2 Å². The van der Waals surface area contributed by atoms with Gasteiger partial charge in [-0.1, -0.05) is 17.3 Å². The van der Waals surface area contributed by atoms with E-state index in [1.807, 2.05) is 31.2 Å². The molecule has 0 radical (unpaired) electrons. The Morgan fingerprint density at radius 3 is 2.81 bits per heavy atom. The van der Waals surface area contributed by atoms with Gasteiger partial charge in [-0.15, -0.1) is 11.8 Å². The number of amides is 1. The number of nitriles is 1. The highest BCUT2D eigenvalue weighted by Crippen LogP contribution is 2.27. The zero-order valence-electron chi connectivity index (χ0n) is 15.5. The number of benzene rings is 1. The molecule has 1 amide bonds. The van der Waals surface area contributed by atoms with Gasteiger partial charge in [-0.25, -0.2) is 4.79 Å². The predicted molar refractivity (Wildman–Crippen MR) is 100.0 cm³/mol. The Kier molecular flexibility index (Phi) is 7.44. The average Bonchev–Trinajstić information content (AvgIpc) is 3.09. The molecule has 0 fully saturated rings. The second-order valence-electron chi connectivity index (χ2n) is 5.93. The van der Waals surface area contributed by atoms with Crippen molar-refractivity contribution in [3.05, 3.63) is 47.3 Å². The Morgan fingerprint density at radius 1 is 1.41 bits per heavy atom. The third kappa shape index (κ3) is 5.86. The van der Waals surface area contributed by atoms with Crippen molar-refractivity contribution in [1.29, 1.82) is 5.26 Å². The fourth-order valence-electron chi connectivity index (χ4n) is 2.31. The number of aryl methyl sites for hydroxylation is 1. The molecule has 2 aromatic rings. The van der Waals surface area contributed by atoms with E-state index in [-0.39, 0.29) is 12.3 Å². The van der Waals surface area contributed by atoms with Gasteiger partial charge >= 0.3 is 5.97 Å². The fourth-order valence-corrected chi connectivity index (χ4v) is 3.23. The molecule has 0 aliphatic carbocycles. The molecule has 1 aromatic carbocycles. The molecule has 0 saturated heterocycles. The molecule has 0 bridgehead atoms. The molecule has 7 nitrogen and oxygen atoms in total. The summed E-state index contributed by atoms with van der Waals surface area (Å²) in [5.74, 6) is 0.365. The lowest BCUT2D eigenvalue weighted by molar-refractivity contribution is -0.138. The second kappa shape index (κ2) is 9.78. The van der Waals surface area contributed by atoms with Crippen LogP contribution in [0.25, 0.3) is 0 Å². The lowest BCUT2D eigenvalue weighted by Gasteiger charge is -2.20. The van der Waals surface area contributed by atoms with Crippen LogP contribution in [0.4, 0.5) is 0 Å². The van der Waals surface area contributed by atoms with Crippen LogP contribution in [0.1, 0.15) is 35.2 Å². The first-order valence-electron chi connectivity index (χ1n) is 8.39. The van der Waals surface area contributed by atoms with Crippen LogP contribution in [0, 0.1) is 18.3 Å². The van der Waals surface area contributed by atoms with Gasteiger partial charge in [-0.3, -0.25) is 4.79 Å². The highest BCUT2D eigenvalue weighted by molar-refractivity contribution is 7.98. The molecule has 0 aliphatic heterocycles. The van der Waals surface area contributed by atoms with E-state index in [9.17, 15) is 9.59 Å². The molecular weight excluding hydrogens is 366 g/mol. The minimum Gasteiger partial charge on any atom is -0.449 e. The van der Waals surface area contributed by atoms with Gasteiger partial charge in [-0.05, 0) is 26.0 Å². The average molecular weight is 387 g/mol. The van der Waals surface area contributed by atoms with E-state index in [1.165, 1.54) is 23.6 Å². The van der Waals surface area contributed by atoms with Crippen molar-refractivity contribution in [2.24, 2.45) is 0 Å². The first-order valence-corrected chi connectivity index (χ1v) is 9.38. The van der Waals surface area contributed by atoms with Gasteiger partial charge in [-0.2, -0.15) is 5.26 Å². The van der Waals surface area contributed by atoms with E-state index in [4.69, 9.17) is 14.5 Å². The number of rotatable bonds is 8. The van der Waals surface area contributed by atoms with Gasteiger partial charge in [0.1, 0.15) is 5.76 Å². The van der Waals surface area contributed by atoms with Crippen LogP contribution in [0.2, 0.25) is 0 Å². The zero-order valence-corrected chi connectivity index (χ0v) is 16.3. The maximum Gasteiger partial charge on any atom is 0.340 e. The molecule has 2 rings (SSSR count). The van der Waals surface area contributed by atoms with E-state index in [0.717, 1.165) is 16.3 Å². The van der Waals surface area contributed by atoms with Gasteiger partial charge in [0.15, 0.2) is 6.10 Å². The van der Waals surface area contributed by atoms with E-state index < -0.39 is 12.1 Å². The number of carbonyl (C=O) groups is 2. The molecular formula is C19H21N3O4S. The molecule has 1 heterocycles. The van der Waals surface area contributed by atoms with Gasteiger partial charge in [0.05, 0.1) is 23.7 Å². The second-order valence-corrected chi connectivity index (χ2v) is 6.95. The van der Waals surface area contributed by atoms with E-state index >= 15 is 0 Å². The van der Waals surface area contributed by atoms with Crippen LogP contribution >= 0.6 is 11.8 Å². The van der Waals surface area contributed by atoms with E-state index in [2.05, 4.69) is 5.16 Å². The highest BCUT2D eigenvalue weighted by Gasteiger charge is 2.23. The van der Waals surface area contributed by atoms with Crippen molar-refractivity contribution in [2.45, 2.75) is 37.0 Å². The van der Waals surface area contributed by atoms with Gasteiger partial charge in [0, 0.05) is 30.3 Å². The highest BCUT2D eigenvalue weighted by atomic mass is 32.2. The molecule has 0 aliphatic rings. The summed E-state index contributed by atoms with van der Waals surface area (Å²) < 4.78 is 10.4. The first kappa shape index (κ1) is 20.5. The fraction of sp³-hybridized carbons (Fsp3) is 0.368. The summed E-state index contributed by atoms with van der Waals surface area (Å²) in [5, 5.41) is 12.5. The Balaban J connectivity index is 2.01. The molecule has 142 valence electrons. The van der Waals surface area contributed by atoms with Crippen LogP contribution in [0.5, 0.6) is 0 Å². The van der Waals surface area contributed by atoms with Crippen LogP contribution in [0.3, 0.4) is 0 Å². The maximum atomic E-state index is 12.5. The Bertz CT molecular complexity index is 843. The number of nitrogens with zero attached hydrogens (tertiary/aromatic N) is 3. The molecule has 0 N–H and O–H groups in total. The number of carbonyl (C=O) groups excluding carboxylic acids is 2. The molecule has 27 heavy (non-hydrogen) atoms. The smallest absolute Gasteiger partial charge is 0.340 e. The van der Waals surface area contributed by atoms with Crippen molar-refractivity contribution in [1.82, 2.24) is 10.1 Å². The van der Waals surface area contributed by atoms with Crippen LogP contribution in [-0.4, -0.2) is 41.6 Å². The summed E-state index contributed by atoms with van der Waals surface area (Å²) in [6.45, 7) is 3.64. The third-order valence-corrected chi connectivity index (χ3v) is 4.83. The first-order chi connectivity index (χ1) is 12.9. The summed E-state index contributed by atoms with van der Waals surface area (Å²) in [6, 6.07) is 10.9. The normalized spacial score (nSPS) is 11.5. The topological polar surface area (TPSA) is 96.4 Å². The monoisotopic (exact) mass is 387 g/mol. The number of thioether (sulfide) groups is 1. The van der Waals surface area contributed by atoms with Gasteiger partial charge in [0.25, 0.3) is 5.91 Å². The molecule has 8 heteroatoms. The molecule has 0 unspecified atom stereocenters. The third-order valence-electron chi connectivity index (χ3n) is 3.73. The minimum absolute atomic E-state index is 0.226. The minimum atomic E-state index is -0.933. The van der Waals surface area contributed by atoms with Crippen molar-refractivity contribution in [3.8, 4) is 6.07 Å². The van der Waals surface area contributed by atoms with Crippen molar-refractivity contribution in [2.75, 3.05) is 13.6 Å². The molecule has 1 atom stereocenters. The van der Waals surface area contributed by atoms with Gasteiger partial charge in [0.2, 0.25) is 0 Å². The maximum absolute atomic E-state index is 12.5. The summed E-state index contributed by atoms with van der Waals surface area (Å²) in [6.07, 6.45) is -0.707. The number of likely N-dealkylation sites (N-methyl/N-ethyl adjacent to an activating group) is 1. The zero-order chi connectivity index (χ0) is 19.8. The van der Waals surface area contributed by atoms with Crippen LogP contribution in [0.15, 0.2) is 39.8 Å². The predicted octanol–water partition coefficient (Wildman–Crippen LogP) is 3.19. The molecule has 0 saturated carbocycles. The largest absolute Gasteiger partial charge is 0.449 e. The number of hydrogen-bond donors (Lipinski definition) is 0. The number of hydrogen-bond acceptors (Lipinski definition) is 7. The molecule has 1 aromatic heterocycles. The summed E-state index contributed by atoms with van der Waals surface area (Å²) in [7, 11) is 1.58. The Labute approximate surface area is 162 Å².